The van der Waals surface area contributed by atoms with Gasteiger partial charge in [-0.2, -0.15) is 18.4 Å². The lowest BCUT2D eigenvalue weighted by molar-refractivity contribution is -0.126. The zero-order valence-corrected chi connectivity index (χ0v) is 25.1. The van der Waals surface area contributed by atoms with Crippen molar-refractivity contribution >= 4 is 42.8 Å². The van der Waals surface area contributed by atoms with Gasteiger partial charge < -0.3 is 25.0 Å². The van der Waals surface area contributed by atoms with Crippen molar-refractivity contribution < 1.29 is 31.1 Å². The number of methoxy groups -OCH3 is 1. The number of anilines is 2. The number of primary sulfonamides is 1. The first kappa shape index (κ1) is 32.4. The Kier molecular flexibility index (Phi) is 10.8. The molecular formula is C29H32F3N5O4S2. The molecule has 2 heterocycles. The van der Waals surface area contributed by atoms with Gasteiger partial charge in [-0.3, -0.25) is 0 Å². The van der Waals surface area contributed by atoms with Gasteiger partial charge in [0.2, 0.25) is 10.0 Å². The first-order chi connectivity index (χ1) is 20.5. The van der Waals surface area contributed by atoms with Crippen LogP contribution in [0.1, 0.15) is 23.3 Å². The summed E-state index contributed by atoms with van der Waals surface area (Å²) in [6, 6.07) is 11.2. The van der Waals surface area contributed by atoms with Crippen LogP contribution in [0.3, 0.4) is 0 Å². The summed E-state index contributed by atoms with van der Waals surface area (Å²) in [4.78, 5) is 2.47. The van der Waals surface area contributed by atoms with Crippen molar-refractivity contribution in [3.63, 3.8) is 0 Å². The predicted octanol–water partition coefficient (Wildman–Crippen LogP) is 4.54. The second-order valence-electron chi connectivity index (χ2n) is 9.94. The van der Waals surface area contributed by atoms with E-state index in [4.69, 9.17) is 19.9 Å². The Bertz CT molecular complexity index is 1630. The maximum atomic E-state index is 13.6. The van der Waals surface area contributed by atoms with Crippen LogP contribution in [0.2, 0.25) is 0 Å². The molecule has 9 nitrogen and oxygen atoms in total. The molecule has 0 amide bonds. The number of halogens is 3. The number of alkyl halides is 3. The monoisotopic (exact) mass is 635 g/mol. The van der Waals surface area contributed by atoms with Crippen LogP contribution in [0.25, 0.3) is 10.1 Å². The summed E-state index contributed by atoms with van der Waals surface area (Å²) in [5.41, 5.74) is 1.28. The van der Waals surface area contributed by atoms with Crippen molar-refractivity contribution in [1.29, 1.82) is 5.26 Å². The molecule has 0 spiro atoms. The minimum absolute atomic E-state index is 0.0179. The lowest BCUT2D eigenvalue weighted by Gasteiger charge is -2.32. The fourth-order valence-corrected chi connectivity index (χ4v) is 6.52. The third-order valence-corrected chi connectivity index (χ3v) is 9.00. The normalized spacial score (nSPS) is 14.6. The summed E-state index contributed by atoms with van der Waals surface area (Å²) in [6.45, 7) is 3.06. The Morgan fingerprint density at radius 1 is 1.19 bits per heavy atom. The fourth-order valence-electron chi connectivity index (χ4n) is 4.82. The van der Waals surface area contributed by atoms with Crippen LogP contribution in [0.5, 0.6) is 5.75 Å². The van der Waals surface area contributed by atoms with Crippen molar-refractivity contribution in [3.05, 3.63) is 46.8 Å². The molecule has 4 N–H and O–H groups in total. The number of nitrogens with one attached hydrogen (secondary N) is 2. The molecule has 1 saturated heterocycles. The number of fused-ring (bicyclic) bond motifs is 1. The number of nitrogens with two attached hydrogens (primary N) is 1. The van der Waals surface area contributed by atoms with Gasteiger partial charge in [-0.15, -0.1) is 11.3 Å². The molecule has 1 aliphatic rings. The van der Waals surface area contributed by atoms with Gasteiger partial charge in [-0.1, -0.05) is 24.0 Å². The Morgan fingerprint density at radius 2 is 1.95 bits per heavy atom. The third-order valence-electron chi connectivity index (χ3n) is 6.90. The van der Waals surface area contributed by atoms with E-state index in [-0.39, 0.29) is 35.4 Å². The van der Waals surface area contributed by atoms with Crippen LogP contribution in [0, 0.1) is 23.2 Å². The zero-order chi connectivity index (χ0) is 31.0. The van der Waals surface area contributed by atoms with Gasteiger partial charge in [0.15, 0.2) is 6.61 Å². The van der Waals surface area contributed by atoms with Gasteiger partial charge in [-0.05, 0) is 42.0 Å². The number of hydrogen-bond donors (Lipinski definition) is 3. The van der Waals surface area contributed by atoms with Crippen LogP contribution in [-0.2, 0) is 21.2 Å². The quantitative estimate of drug-likeness (QED) is 0.262. The Morgan fingerprint density at radius 3 is 2.63 bits per heavy atom. The molecule has 2 aromatic carbocycles. The minimum atomic E-state index is -4.42. The molecule has 0 unspecified atom stereocenters. The van der Waals surface area contributed by atoms with Crippen LogP contribution < -0.4 is 20.5 Å². The molecule has 0 saturated carbocycles. The van der Waals surface area contributed by atoms with E-state index in [1.165, 1.54) is 29.5 Å². The lowest BCUT2D eigenvalue weighted by Crippen LogP contribution is -2.40. The molecule has 14 heteroatoms. The van der Waals surface area contributed by atoms with E-state index in [0.717, 1.165) is 42.9 Å². The average molecular weight is 636 g/mol. The molecule has 0 radical (unpaired) electrons. The van der Waals surface area contributed by atoms with Gasteiger partial charge in [0.1, 0.15) is 11.8 Å². The van der Waals surface area contributed by atoms with E-state index in [2.05, 4.69) is 27.4 Å². The van der Waals surface area contributed by atoms with E-state index in [0.29, 0.717) is 22.6 Å². The predicted molar refractivity (Wildman–Crippen MR) is 161 cm³/mol. The molecule has 4 rings (SSSR count). The van der Waals surface area contributed by atoms with Gasteiger partial charge in [0.25, 0.3) is 0 Å². The van der Waals surface area contributed by atoms with Crippen molar-refractivity contribution in [3.8, 4) is 23.7 Å². The Labute approximate surface area is 252 Å². The Balaban J connectivity index is 1.55. The van der Waals surface area contributed by atoms with Gasteiger partial charge >= 0.3 is 6.18 Å². The maximum Gasteiger partial charge on any atom is 0.393 e. The highest BCUT2D eigenvalue weighted by molar-refractivity contribution is 7.89. The number of nitrogens with zero attached hydrogens (tertiary/aromatic N) is 2. The highest BCUT2D eigenvalue weighted by Gasteiger charge is 2.31. The summed E-state index contributed by atoms with van der Waals surface area (Å²) < 4.78 is 75.5. The number of nitriles is 1. The summed E-state index contributed by atoms with van der Waals surface area (Å²) in [5, 5.41) is 21.1. The topological polar surface area (TPSA) is 130 Å². The molecule has 0 aliphatic carbocycles. The molecule has 1 aromatic heterocycles. The van der Waals surface area contributed by atoms with Crippen LogP contribution in [-0.4, -0.2) is 72.0 Å². The second kappa shape index (κ2) is 14.3. The number of ether oxygens (including phenoxy) is 2. The summed E-state index contributed by atoms with van der Waals surface area (Å²) in [6.07, 6.45) is -3.69. The number of thiophene rings is 1. The molecule has 1 fully saturated rings. The van der Waals surface area contributed by atoms with E-state index < -0.39 is 22.6 Å². The van der Waals surface area contributed by atoms with Crippen molar-refractivity contribution in [1.82, 2.24) is 4.90 Å². The third kappa shape index (κ3) is 8.98. The molecule has 230 valence electrons. The minimum Gasteiger partial charge on any atom is -0.477 e. The first-order valence-corrected chi connectivity index (χ1v) is 15.8. The van der Waals surface area contributed by atoms with E-state index in [9.17, 15) is 21.6 Å². The highest BCUT2D eigenvalue weighted by Crippen LogP contribution is 2.39. The summed E-state index contributed by atoms with van der Waals surface area (Å²) in [7, 11) is -2.32. The fraction of sp³-hybridized carbons (Fsp3) is 0.414. The first-order valence-electron chi connectivity index (χ1n) is 13.5. The number of hydrogen-bond acceptors (Lipinski definition) is 9. The smallest absolute Gasteiger partial charge is 0.393 e. The van der Waals surface area contributed by atoms with Crippen molar-refractivity contribution in [2.45, 2.75) is 36.4 Å². The number of likely N-dealkylation sites (tertiary alicyclic amines) is 1. The van der Waals surface area contributed by atoms with Gasteiger partial charge in [0.05, 0.1) is 45.4 Å². The van der Waals surface area contributed by atoms with E-state index >= 15 is 0 Å². The van der Waals surface area contributed by atoms with Crippen LogP contribution in [0.15, 0.2) is 41.3 Å². The highest BCUT2D eigenvalue weighted by atomic mass is 32.2. The molecule has 1 aliphatic heterocycles. The van der Waals surface area contributed by atoms with Gasteiger partial charge in [0, 0.05) is 38.9 Å². The number of sulfonamides is 1. The SMILES string of the molecule is COCCN1CCC(Nc2cccc3c(CC(F)(F)F)c(C#CCNc4ccc(S(N)(=O)=O)cc4OCC#N)sc23)CC1. The Hall–Kier alpha value is -3.53. The molecule has 0 atom stereocenters. The van der Waals surface area contributed by atoms with Gasteiger partial charge in [-0.25, -0.2) is 13.6 Å². The van der Waals surface area contributed by atoms with Crippen LogP contribution >= 0.6 is 11.3 Å². The summed E-state index contributed by atoms with van der Waals surface area (Å²) >= 11 is 1.22. The molecule has 0 bridgehead atoms. The zero-order valence-electron chi connectivity index (χ0n) is 23.5. The number of benzene rings is 2. The molecule has 43 heavy (non-hydrogen) atoms. The molecular weight excluding hydrogens is 603 g/mol. The standard InChI is InChI=1S/C29H32F3N5O4S2/c1-40-17-15-37-13-9-20(10-14-37)36-25-5-2-4-22-23(19-29(30,31)32)27(42-28(22)25)6-3-12-35-24-8-7-21(43(34,38)39)18-26(24)41-16-11-33/h2,4-5,7-8,18,20,35-36H,9-10,12-17,19H2,1H3,(H2,34,38,39). The van der Waals surface area contributed by atoms with Crippen LogP contribution in [0.4, 0.5) is 24.5 Å². The average Bonchev–Trinajstić information content (AvgIpc) is 3.30. The van der Waals surface area contributed by atoms with Crippen molar-refractivity contribution in [2.75, 3.05) is 57.1 Å². The lowest BCUT2D eigenvalue weighted by atomic mass is 10.0. The molecule has 3 aromatic rings. The maximum absolute atomic E-state index is 13.6. The largest absolute Gasteiger partial charge is 0.477 e. The van der Waals surface area contributed by atoms with E-state index in [1.807, 2.05) is 6.07 Å². The van der Waals surface area contributed by atoms with E-state index in [1.54, 1.807) is 25.3 Å². The summed E-state index contributed by atoms with van der Waals surface area (Å²) in [5.74, 6) is 5.85. The van der Waals surface area contributed by atoms with Crippen molar-refractivity contribution in [2.24, 2.45) is 5.14 Å². The number of rotatable bonds is 11. The second-order valence-corrected chi connectivity index (χ2v) is 12.5. The number of piperidine rings is 1.